The summed E-state index contributed by atoms with van der Waals surface area (Å²) in [5, 5.41) is 9.56. The average molecular weight is 304 g/mol. The van der Waals surface area contributed by atoms with Crippen molar-refractivity contribution in [3.8, 4) is 0 Å². The first kappa shape index (κ1) is 13.8. The molecule has 0 unspecified atom stereocenters. The third-order valence-electron chi connectivity index (χ3n) is 4.33. The van der Waals surface area contributed by atoms with Gasteiger partial charge in [-0.2, -0.15) is 0 Å². The van der Waals surface area contributed by atoms with E-state index in [2.05, 4.69) is 0 Å². The second kappa shape index (κ2) is 5.39. The molecule has 0 aliphatic carbocycles. The smallest absolute Gasteiger partial charge is 0.326 e. The number of hydrogen-bond donors (Lipinski definition) is 1. The van der Waals surface area contributed by atoms with E-state index in [0.717, 1.165) is 28.2 Å². The van der Waals surface area contributed by atoms with Crippen molar-refractivity contribution in [1.29, 1.82) is 0 Å². The van der Waals surface area contributed by atoms with Crippen LogP contribution in [-0.4, -0.2) is 27.9 Å². The van der Waals surface area contributed by atoms with E-state index in [9.17, 15) is 9.90 Å². The van der Waals surface area contributed by atoms with E-state index >= 15 is 0 Å². The minimum absolute atomic E-state index is 0.483. The van der Waals surface area contributed by atoms with Gasteiger partial charge in [-0.1, -0.05) is 48.5 Å². The summed E-state index contributed by atoms with van der Waals surface area (Å²) in [7, 11) is 0. The van der Waals surface area contributed by atoms with Gasteiger partial charge in [0.05, 0.1) is 5.69 Å². The van der Waals surface area contributed by atoms with Crippen LogP contribution in [0.4, 0.5) is 5.69 Å². The summed E-state index contributed by atoms with van der Waals surface area (Å²) in [4.78, 5) is 18.3. The van der Waals surface area contributed by atoms with Gasteiger partial charge in [0.25, 0.3) is 0 Å². The van der Waals surface area contributed by atoms with E-state index in [4.69, 9.17) is 4.99 Å². The summed E-state index contributed by atoms with van der Waals surface area (Å²) in [6.45, 7) is 0.595. The highest BCUT2D eigenvalue weighted by Gasteiger charge is 2.39. The maximum Gasteiger partial charge on any atom is 0.326 e. The van der Waals surface area contributed by atoms with Gasteiger partial charge in [-0.25, -0.2) is 9.79 Å². The van der Waals surface area contributed by atoms with Gasteiger partial charge in [0, 0.05) is 13.0 Å². The molecule has 1 N–H and O–H groups in total. The fourth-order valence-corrected chi connectivity index (χ4v) is 3.21. The van der Waals surface area contributed by atoms with Crippen molar-refractivity contribution in [2.75, 3.05) is 0 Å². The quantitative estimate of drug-likeness (QED) is 0.924. The maximum absolute atomic E-state index is 11.6. The van der Waals surface area contributed by atoms with Gasteiger partial charge in [0.2, 0.25) is 0 Å². The van der Waals surface area contributed by atoms with Crippen LogP contribution in [0.5, 0.6) is 0 Å². The number of benzene rings is 2. The van der Waals surface area contributed by atoms with Gasteiger partial charge in [-0.15, -0.1) is 0 Å². The molecule has 114 valence electrons. The van der Waals surface area contributed by atoms with E-state index in [1.54, 1.807) is 0 Å². The molecule has 0 bridgehead atoms. The molecule has 0 spiro atoms. The van der Waals surface area contributed by atoms with Crippen molar-refractivity contribution >= 4 is 23.6 Å². The summed E-state index contributed by atoms with van der Waals surface area (Å²) in [6, 6.07) is 17.3. The Labute approximate surface area is 134 Å². The van der Waals surface area contributed by atoms with Crippen molar-refractivity contribution in [3.63, 3.8) is 0 Å². The number of aliphatic carboxylic acids is 1. The minimum Gasteiger partial charge on any atom is -0.480 e. The summed E-state index contributed by atoms with van der Waals surface area (Å²) in [6.07, 6.45) is 2.53. The Morgan fingerprint density at radius 2 is 1.87 bits per heavy atom. The lowest BCUT2D eigenvalue weighted by atomic mass is 10.1. The molecule has 4 heteroatoms. The molecule has 1 saturated heterocycles. The molecule has 2 aliphatic rings. The zero-order valence-electron chi connectivity index (χ0n) is 12.5. The minimum atomic E-state index is -0.798. The molecule has 2 aromatic carbocycles. The number of nitrogens with zero attached hydrogens (tertiary/aromatic N) is 2. The normalized spacial score (nSPS) is 20.9. The van der Waals surface area contributed by atoms with Gasteiger partial charge < -0.3 is 10.0 Å². The fraction of sp³-hybridized carbons (Fsp3) is 0.158. The Hall–Kier alpha value is -2.88. The highest BCUT2D eigenvalue weighted by molar-refractivity contribution is 6.09. The number of aliphatic imine (C=N–C) groups is 1. The molecule has 2 heterocycles. The SMILES string of the molecule is O=C(O)[C@@H]1C/C(=C/c2ccccc2)C2=Nc3ccccc3CN21. The summed E-state index contributed by atoms with van der Waals surface area (Å²) in [5.74, 6) is -0.00602. The van der Waals surface area contributed by atoms with Gasteiger partial charge in [0.15, 0.2) is 0 Å². The number of carbonyl (C=O) groups is 1. The van der Waals surface area contributed by atoms with E-state index in [0.29, 0.717) is 13.0 Å². The molecular formula is C19H16N2O2. The second-order valence-electron chi connectivity index (χ2n) is 5.83. The van der Waals surface area contributed by atoms with E-state index in [-0.39, 0.29) is 0 Å². The van der Waals surface area contributed by atoms with Gasteiger partial charge in [-0.3, -0.25) is 0 Å². The molecule has 0 amide bonds. The predicted octanol–water partition coefficient (Wildman–Crippen LogP) is 3.47. The Balaban J connectivity index is 1.81. The number of para-hydroxylation sites is 1. The summed E-state index contributed by atoms with van der Waals surface area (Å²) in [5.41, 5.74) is 4.06. The monoisotopic (exact) mass is 304 g/mol. The number of amidine groups is 1. The van der Waals surface area contributed by atoms with Crippen LogP contribution < -0.4 is 0 Å². The van der Waals surface area contributed by atoms with Crippen LogP contribution in [0.3, 0.4) is 0 Å². The van der Waals surface area contributed by atoms with Crippen LogP contribution in [0, 0.1) is 0 Å². The topological polar surface area (TPSA) is 52.9 Å². The van der Waals surface area contributed by atoms with E-state index in [1.807, 2.05) is 65.6 Å². The molecule has 2 aliphatic heterocycles. The molecule has 1 atom stereocenters. The van der Waals surface area contributed by atoms with Crippen LogP contribution in [0.25, 0.3) is 6.08 Å². The van der Waals surface area contributed by atoms with Crippen molar-refractivity contribution in [2.45, 2.75) is 19.0 Å². The number of carboxylic acids is 1. The van der Waals surface area contributed by atoms with Crippen LogP contribution in [0.1, 0.15) is 17.5 Å². The van der Waals surface area contributed by atoms with Crippen molar-refractivity contribution < 1.29 is 9.90 Å². The number of hydrogen-bond acceptors (Lipinski definition) is 3. The first-order chi connectivity index (χ1) is 11.2. The van der Waals surface area contributed by atoms with Crippen molar-refractivity contribution in [1.82, 2.24) is 4.90 Å². The van der Waals surface area contributed by atoms with Crippen LogP contribution in [-0.2, 0) is 11.3 Å². The molecule has 0 radical (unpaired) electrons. The molecule has 4 nitrogen and oxygen atoms in total. The lowest BCUT2D eigenvalue weighted by molar-refractivity contribution is -0.141. The van der Waals surface area contributed by atoms with Gasteiger partial charge in [0.1, 0.15) is 11.9 Å². The van der Waals surface area contributed by atoms with Crippen molar-refractivity contribution in [2.24, 2.45) is 4.99 Å². The molecule has 23 heavy (non-hydrogen) atoms. The second-order valence-corrected chi connectivity index (χ2v) is 5.83. The third kappa shape index (κ3) is 2.42. The Kier molecular flexibility index (Phi) is 3.23. The molecule has 2 aromatic rings. The van der Waals surface area contributed by atoms with Gasteiger partial charge >= 0.3 is 5.97 Å². The molecular weight excluding hydrogens is 288 g/mol. The van der Waals surface area contributed by atoms with E-state index < -0.39 is 12.0 Å². The van der Waals surface area contributed by atoms with Crippen LogP contribution >= 0.6 is 0 Å². The molecule has 1 fully saturated rings. The van der Waals surface area contributed by atoms with E-state index in [1.165, 1.54) is 0 Å². The van der Waals surface area contributed by atoms with Crippen LogP contribution in [0.15, 0.2) is 65.2 Å². The van der Waals surface area contributed by atoms with Crippen molar-refractivity contribution in [3.05, 3.63) is 71.3 Å². The van der Waals surface area contributed by atoms with Gasteiger partial charge in [-0.05, 0) is 28.8 Å². The number of fused-ring (bicyclic) bond motifs is 2. The third-order valence-corrected chi connectivity index (χ3v) is 4.33. The zero-order valence-corrected chi connectivity index (χ0v) is 12.5. The zero-order chi connectivity index (χ0) is 15.8. The number of rotatable bonds is 2. The Morgan fingerprint density at radius 1 is 1.13 bits per heavy atom. The molecule has 0 saturated carbocycles. The highest BCUT2D eigenvalue weighted by Crippen LogP contribution is 2.36. The Morgan fingerprint density at radius 3 is 2.65 bits per heavy atom. The standard InChI is InChI=1S/C19H16N2O2/c22-19(23)17-11-15(10-13-6-2-1-3-7-13)18-20-16-9-5-4-8-14(16)12-21(17)18/h1-10,17H,11-12H2,(H,22,23)/b15-10-/t17-/m0/s1. The lowest BCUT2D eigenvalue weighted by Gasteiger charge is -2.28. The first-order valence-corrected chi connectivity index (χ1v) is 7.64. The molecule has 4 rings (SSSR count). The fourth-order valence-electron chi connectivity index (χ4n) is 3.21. The maximum atomic E-state index is 11.6. The lowest BCUT2D eigenvalue weighted by Crippen LogP contribution is -2.39. The average Bonchev–Trinajstić information content (AvgIpc) is 2.92. The van der Waals surface area contributed by atoms with Crippen LogP contribution in [0.2, 0.25) is 0 Å². The number of carboxylic acid groups (broad SMARTS) is 1. The largest absolute Gasteiger partial charge is 0.480 e. The highest BCUT2D eigenvalue weighted by atomic mass is 16.4. The summed E-state index contributed by atoms with van der Waals surface area (Å²) < 4.78 is 0. The Bertz CT molecular complexity index is 824. The first-order valence-electron chi connectivity index (χ1n) is 7.64. The summed E-state index contributed by atoms with van der Waals surface area (Å²) >= 11 is 0. The molecule has 0 aromatic heterocycles. The predicted molar refractivity (Wildman–Crippen MR) is 89.5 cm³/mol.